The van der Waals surface area contributed by atoms with Crippen LogP contribution in [0.25, 0.3) is 0 Å². The maximum absolute atomic E-state index is 4.16. The Morgan fingerprint density at radius 2 is 2.36 bits per heavy atom. The molecule has 2 heterocycles. The van der Waals surface area contributed by atoms with E-state index in [2.05, 4.69) is 21.3 Å². The Morgan fingerprint density at radius 3 is 3.27 bits per heavy atom. The van der Waals surface area contributed by atoms with E-state index < -0.39 is 0 Å². The summed E-state index contributed by atoms with van der Waals surface area (Å²) in [5.41, 5.74) is 2.42. The van der Waals surface area contributed by atoms with Crippen molar-refractivity contribution in [2.75, 3.05) is 6.54 Å². The summed E-state index contributed by atoms with van der Waals surface area (Å²) in [4.78, 5) is 4.16. The van der Waals surface area contributed by atoms with Gasteiger partial charge in [-0.3, -0.25) is 0 Å². The first-order chi connectivity index (χ1) is 5.36. The maximum Gasteiger partial charge on any atom is 0.177 e. The lowest BCUT2D eigenvalue weighted by Gasteiger charge is -2.06. The van der Waals surface area contributed by atoms with Crippen molar-refractivity contribution in [3.8, 4) is 0 Å². The zero-order valence-corrected chi connectivity index (χ0v) is 6.41. The number of hydrogen-bond donors (Lipinski definition) is 0. The Balaban J connectivity index is 2.53. The Bertz CT molecular complexity index is 304. The van der Waals surface area contributed by atoms with Gasteiger partial charge in [-0.2, -0.15) is 5.11 Å². The summed E-state index contributed by atoms with van der Waals surface area (Å²) < 4.78 is 0. The normalized spacial score (nSPS) is 14.6. The first kappa shape index (κ1) is 6.46. The number of fused-ring (bicyclic) bond motifs is 1. The molecule has 3 heteroatoms. The van der Waals surface area contributed by atoms with E-state index in [1.807, 2.05) is 13.1 Å². The molecule has 0 aromatic carbocycles. The molecule has 0 spiro atoms. The molecule has 11 heavy (non-hydrogen) atoms. The first-order valence-corrected chi connectivity index (χ1v) is 3.69. The molecule has 3 nitrogen and oxygen atoms in total. The molecule has 0 radical (unpaired) electrons. The van der Waals surface area contributed by atoms with E-state index in [1.165, 1.54) is 11.1 Å². The topological polar surface area (TPSA) is 37.6 Å². The van der Waals surface area contributed by atoms with Crippen LogP contribution < -0.4 is 0 Å². The number of aryl methyl sites for hydroxylation is 1. The minimum Gasteiger partial charge on any atom is -0.235 e. The minimum atomic E-state index is 0.793. The second kappa shape index (κ2) is 2.42. The average Bonchev–Trinajstić information content (AvgIpc) is 2.04. The minimum absolute atomic E-state index is 0.793. The highest BCUT2D eigenvalue weighted by Crippen LogP contribution is 2.21. The maximum atomic E-state index is 4.16. The van der Waals surface area contributed by atoms with Gasteiger partial charge in [-0.1, -0.05) is 6.07 Å². The lowest BCUT2D eigenvalue weighted by molar-refractivity contribution is 0.844. The average molecular weight is 147 g/mol. The highest BCUT2D eigenvalue weighted by molar-refractivity contribution is 5.40. The third-order valence-corrected chi connectivity index (χ3v) is 1.73. The Kier molecular flexibility index (Phi) is 1.42. The van der Waals surface area contributed by atoms with Crippen LogP contribution in [0, 0.1) is 6.92 Å². The van der Waals surface area contributed by atoms with E-state index in [0.717, 1.165) is 18.8 Å². The molecule has 0 unspecified atom stereocenters. The summed E-state index contributed by atoms with van der Waals surface area (Å²) in [5, 5.41) is 7.86. The van der Waals surface area contributed by atoms with Crippen molar-refractivity contribution >= 4 is 5.82 Å². The molecule has 0 saturated heterocycles. The molecule has 56 valence electrons. The summed E-state index contributed by atoms with van der Waals surface area (Å²) in [7, 11) is 0. The highest BCUT2D eigenvalue weighted by atomic mass is 15.2. The van der Waals surface area contributed by atoms with Gasteiger partial charge in [-0.15, -0.1) is 5.11 Å². The largest absolute Gasteiger partial charge is 0.235 e. The SMILES string of the molecule is Cc1cnc2c(c1)CCN=N2. The van der Waals surface area contributed by atoms with Crippen LogP contribution in [0.5, 0.6) is 0 Å². The highest BCUT2D eigenvalue weighted by Gasteiger charge is 2.06. The number of pyridine rings is 1. The molecule has 0 N–H and O–H groups in total. The zero-order valence-electron chi connectivity index (χ0n) is 6.41. The van der Waals surface area contributed by atoms with E-state index >= 15 is 0 Å². The standard InChI is InChI=1S/C8H9N3/c1-6-4-7-2-3-10-11-8(7)9-5-6/h4-5H,2-3H2,1H3. The molecular formula is C8H9N3. The van der Waals surface area contributed by atoms with Gasteiger partial charge in [0, 0.05) is 11.8 Å². The molecule has 1 aliphatic rings. The van der Waals surface area contributed by atoms with Crippen molar-refractivity contribution in [1.82, 2.24) is 4.98 Å². The van der Waals surface area contributed by atoms with Crippen LogP contribution in [0.15, 0.2) is 22.5 Å². The first-order valence-electron chi connectivity index (χ1n) is 3.69. The second-order valence-corrected chi connectivity index (χ2v) is 2.71. The summed E-state index contributed by atoms with van der Waals surface area (Å²) in [6.45, 7) is 2.84. The molecule has 0 aliphatic carbocycles. The fourth-order valence-corrected chi connectivity index (χ4v) is 1.18. The van der Waals surface area contributed by atoms with Gasteiger partial charge in [0.1, 0.15) is 0 Å². The van der Waals surface area contributed by atoms with Crippen LogP contribution >= 0.6 is 0 Å². The molecular weight excluding hydrogens is 138 g/mol. The second-order valence-electron chi connectivity index (χ2n) is 2.71. The van der Waals surface area contributed by atoms with Crippen LogP contribution in [0.1, 0.15) is 11.1 Å². The third kappa shape index (κ3) is 1.13. The lowest BCUT2D eigenvalue weighted by Crippen LogP contribution is -1.96. The molecule has 1 aliphatic heterocycles. The van der Waals surface area contributed by atoms with Gasteiger partial charge < -0.3 is 0 Å². The van der Waals surface area contributed by atoms with E-state index in [0.29, 0.717) is 0 Å². The van der Waals surface area contributed by atoms with E-state index in [1.54, 1.807) is 0 Å². The monoisotopic (exact) mass is 147 g/mol. The van der Waals surface area contributed by atoms with Crippen molar-refractivity contribution in [3.05, 3.63) is 23.4 Å². The van der Waals surface area contributed by atoms with E-state index in [4.69, 9.17) is 0 Å². The van der Waals surface area contributed by atoms with Gasteiger partial charge in [0.15, 0.2) is 5.82 Å². The molecule has 0 saturated carbocycles. The van der Waals surface area contributed by atoms with Crippen molar-refractivity contribution in [2.24, 2.45) is 10.2 Å². The number of nitrogens with zero attached hydrogens (tertiary/aromatic N) is 3. The quantitative estimate of drug-likeness (QED) is 0.553. The molecule has 2 rings (SSSR count). The van der Waals surface area contributed by atoms with Gasteiger partial charge in [0.25, 0.3) is 0 Å². The molecule has 1 aromatic heterocycles. The Hall–Kier alpha value is -1.25. The van der Waals surface area contributed by atoms with Crippen molar-refractivity contribution < 1.29 is 0 Å². The van der Waals surface area contributed by atoms with Crippen LogP contribution in [-0.4, -0.2) is 11.5 Å². The zero-order chi connectivity index (χ0) is 7.68. The van der Waals surface area contributed by atoms with Crippen molar-refractivity contribution in [3.63, 3.8) is 0 Å². The summed E-state index contributed by atoms with van der Waals surface area (Å²) >= 11 is 0. The summed E-state index contributed by atoms with van der Waals surface area (Å²) in [6.07, 6.45) is 2.80. The molecule has 0 fully saturated rings. The van der Waals surface area contributed by atoms with E-state index in [-0.39, 0.29) is 0 Å². The predicted molar refractivity (Wildman–Crippen MR) is 42.1 cm³/mol. The fourth-order valence-electron chi connectivity index (χ4n) is 1.18. The molecule has 1 aromatic rings. The number of hydrogen-bond acceptors (Lipinski definition) is 3. The van der Waals surface area contributed by atoms with Crippen LogP contribution in [0.3, 0.4) is 0 Å². The third-order valence-electron chi connectivity index (χ3n) is 1.73. The molecule has 0 amide bonds. The summed E-state index contributed by atoms with van der Waals surface area (Å²) in [6, 6.07) is 2.13. The number of rotatable bonds is 0. The molecule has 0 bridgehead atoms. The number of aromatic nitrogens is 1. The van der Waals surface area contributed by atoms with E-state index in [9.17, 15) is 0 Å². The van der Waals surface area contributed by atoms with Crippen LogP contribution in [-0.2, 0) is 6.42 Å². The Labute approximate surface area is 65.2 Å². The van der Waals surface area contributed by atoms with Gasteiger partial charge in [0.05, 0.1) is 6.54 Å². The van der Waals surface area contributed by atoms with Crippen LogP contribution in [0.4, 0.5) is 5.82 Å². The summed E-state index contributed by atoms with van der Waals surface area (Å²) in [5.74, 6) is 0.793. The lowest BCUT2D eigenvalue weighted by atomic mass is 10.1. The van der Waals surface area contributed by atoms with Crippen molar-refractivity contribution in [2.45, 2.75) is 13.3 Å². The van der Waals surface area contributed by atoms with Crippen LogP contribution in [0.2, 0.25) is 0 Å². The smallest absolute Gasteiger partial charge is 0.177 e. The Morgan fingerprint density at radius 1 is 1.45 bits per heavy atom. The van der Waals surface area contributed by atoms with Crippen molar-refractivity contribution in [1.29, 1.82) is 0 Å². The van der Waals surface area contributed by atoms with Gasteiger partial charge in [-0.05, 0) is 18.9 Å². The van der Waals surface area contributed by atoms with Gasteiger partial charge in [0.2, 0.25) is 0 Å². The predicted octanol–water partition coefficient (Wildman–Crippen LogP) is 2.03. The van der Waals surface area contributed by atoms with Gasteiger partial charge >= 0.3 is 0 Å². The fraction of sp³-hybridized carbons (Fsp3) is 0.375. The number of azo groups is 1. The van der Waals surface area contributed by atoms with Gasteiger partial charge in [-0.25, -0.2) is 4.98 Å². The molecule has 0 atom stereocenters.